The number of carbonyl (C=O) groups is 3. The van der Waals surface area contributed by atoms with Crippen molar-refractivity contribution in [3.05, 3.63) is 64.7 Å². The average molecular weight is 403 g/mol. The van der Waals surface area contributed by atoms with Gasteiger partial charge in [-0.15, -0.1) is 0 Å². The molecule has 1 atom stereocenters. The summed E-state index contributed by atoms with van der Waals surface area (Å²) in [6.45, 7) is 2.31. The van der Waals surface area contributed by atoms with E-state index in [0.717, 1.165) is 10.5 Å². The molecule has 0 aromatic heterocycles. The minimum Gasteiger partial charge on any atom is -0.488 e. The Morgan fingerprint density at radius 3 is 2.57 bits per heavy atom. The number of para-hydroxylation sites is 1. The minimum atomic E-state index is -1.10. The highest BCUT2D eigenvalue weighted by atomic mass is 35.5. The fourth-order valence-electron chi connectivity index (χ4n) is 2.68. The van der Waals surface area contributed by atoms with Gasteiger partial charge in [-0.3, -0.25) is 9.69 Å². The van der Waals surface area contributed by atoms with E-state index in [1.54, 1.807) is 36.4 Å². The zero-order chi connectivity index (χ0) is 20.1. The number of rotatable bonds is 6. The molecule has 1 aliphatic rings. The summed E-state index contributed by atoms with van der Waals surface area (Å²) >= 11 is 5.87. The van der Waals surface area contributed by atoms with Crippen LogP contribution in [0.4, 0.5) is 4.79 Å². The van der Waals surface area contributed by atoms with Gasteiger partial charge in [0.1, 0.15) is 17.9 Å². The second-order valence-electron chi connectivity index (χ2n) is 6.18. The van der Waals surface area contributed by atoms with Gasteiger partial charge in [-0.05, 0) is 36.8 Å². The van der Waals surface area contributed by atoms with Crippen molar-refractivity contribution in [2.24, 2.45) is 0 Å². The van der Waals surface area contributed by atoms with Crippen molar-refractivity contribution in [1.29, 1.82) is 0 Å². The quantitative estimate of drug-likeness (QED) is 0.751. The van der Waals surface area contributed by atoms with Crippen LogP contribution in [0.15, 0.2) is 48.5 Å². The highest BCUT2D eigenvalue weighted by Gasteiger charge is 2.32. The molecule has 2 aromatic carbocycles. The number of amides is 3. The van der Waals surface area contributed by atoms with E-state index in [1.165, 1.54) is 6.92 Å². The molecule has 3 amide bonds. The normalized spacial score (nSPS) is 14.4. The molecule has 0 unspecified atom stereocenters. The zero-order valence-corrected chi connectivity index (χ0v) is 15.9. The molecule has 8 heteroatoms. The first-order chi connectivity index (χ1) is 13.5. The fraction of sp³-hybridized carbons (Fsp3) is 0.250. The molecule has 28 heavy (non-hydrogen) atoms. The summed E-state index contributed by atoms with van der Waals surface area (Å²) in [5, 5.41) is 3.16. The summed E-state index contributed by atoms with van der Waals surface area (Å²) in [4.78, 5) is 37.5. The molecule has 0 bridgehead atoms. The summed E-state index contributed by atoms with van der Waals surface area (Å²) in [5.41, 5.74) is 1.08. The Balaban J connectivity index is 1.65. The average Bonchev–Trinajstić information content (AvgIpc) is 3.13. The van der Waals surface area contributed by atoms with E-state index in [9.17, 15) is 14.4 Å². The van der Waals surface area contributed by atoms with E-state index in [4.69, 9.17) is 21.1 Å². The van der Waals surface area contributed by atoms with Gasteiger partial charge >= 0.3 is 12.0 Å². The van der Waals surface area contributed by atoms with Crippen molar-refractivity contribution in [3.8, 4) is 5.75 Å². The maximum atomic E-state index is 12.5. The minimum absolute atomic E-state index is 0.196. The number of ether oxygens (including phenoxy) is 2. The predicted molar refractivity (Wildman–Crippen MR) is 102 cm³/mol. The molecule has 1 heterocycles. The molecule has 0 aliphatic carbocycles. The summed E-state index contributed by atoms with van der Waals surface area (Å²) in [6, 6.07) is 13.3. The molecule has 1 N–H and O–H groups in total. The second-order valence-corrected chi connectivity index (χ2v) is 6.62. The van der Waals surface area contributed by atoms with Crippen molar-refractivity contribution in [2.45, 2.75) is 19.6 Å². The second kappa shape index (κ2) is 8.75. The van der Waals surface area contributed by atoms with E-state index in [2.05, 4.69) is 5.32 Å². The number of urea groups is 1. The van der Waals surface area contributed by atoms with Gasteiger partial charge in [0, 0.05) is 18.1 Å². The molecule has 1 saturated heterocycles. The van der Waals surface area contributed by atoms with Crippen LogP contribution in [0.3, 0.4) is 0 Å². The van der Waals surface area contributed by atoms with E-state index in [0.29, 0.717) is 17.3 Å². The van der Waals surface area contributed by atoms with Gasteiger partial charge in [0.15, 0.2) is 6.10 Å². The Morgan fingerprint density at radius 2 is 1.89 bits per heavy atom. The lowest BCUT2D eigenvalue weighted by Crippen LogP contribution is -2.41. The molecular formula is C20H19ClN2O5. The Hall–Kier alpha value is -3.06. The number of imide groups is 1. The van der Waals surface area contributed by atoms with Crippen LogP contribution >= 0.6 is 11.6 Å². The van der Waals surface area contributed by atoms with Crippen molar-refractivity contribution >= 4 is 29.5 Å². The van der Waals surface area contributed by atoms with Crippen molar-refractivity contribution in [1.82, 2.24) is 10.2 Å². The first-order valence-corrected chi connectivity index (χ1v) is 9.10. The number of benzene rings is 2. The SMILES string of the molecule is C[C@H](OC(=O)c1ccccc1OCc1ccc(Cl)cc1)C(=O)N1CCNC1=O. The largest absolute Gasteiger partial charge is 0.488 e. The Labute approximate surface area is 167 Å². The molecule has 2 aromatic rings. The van der Waals surface area contributed by atoms with Crippen LogP contribution in [-0.2, 0) is 16.1 Å². The molecule has 7 nitrogen and oxygen atoms in total. The van der Waals surface area contributed by atoms with Crippen molar-refractivity contribution in [2.75, 3.05) is 13.1 Å². The maximum absolute atomic E-state index is 12.5. The molecule has 1 aliphatic heterocycles. The van der Waals surface area contributed by atoms with E-state index >= 15 is 0 Å². The summed E-state index contributed by atoms with van der Waals surface area (Å²) in [6.07, 6.45) is -1.10. The van der Waals surface area contributed by atoms with Gasteiger partial charge in [-0.1, -0.05) is 35.9 Å². The Kier molecular flexibility index (Phi) is 6.16. The molecular weight excluding hydrogens is 384 g/mol. The van der Waals surface area contributed by atoms with Crippen molar-refractivity contribution in [3.63, 3.8) is 0 Å². The van der Waals surface area contributed by atoms with E-state index in [1.807, 2.05) is 12.1 Å². The molecule has 0 spiro atoms. The van der Waals surface area contributed by atoms with Gasteiger partial charge in [0.25, 0.3) is 5.91 Å². The number of esters is 1. The van der Waals surface area contributed by atoms with Crippen LogP contribution in [0, 0.1) is 0 Å². The Bertz CT molecular complexity index is 884. The van der Waals surface area contributed by atoms with Gasteiger partial charge in [0.2, 0.25) is 0 Å². The van der Waals surface area contributed by atoms with Gasteiger partial charge in [-0.25, -0.2) is 9.59 Å². The predicted octanol–water partition coefficient (Wildman–Crippen LogP) is 3.02. The van der Waals surface area contributed by atoms with Crippen LogP contribution in [-0.4, -0.2) is 42.0 Å². The molecule has 146 valence electrons. The number of nitrogens with one attached hydrogen (secondary N) is 1. The fourth-order valence-corrected chi connectivity index (χ4v) is 2.80. The third-order valence-corrected chi connectivity index (χ3v) is 4.42. The van der Waals surface area contributed by atoms with Crippen LogP contribution in [0.1, 0.15) is 22.8 Å². The highest BCUT2D eigenvalue weighted by molar-refractivity contribution is 6.30. The zero-order valence-electron chi connectivity index (χ0n) is 15.2. The van der Waals surface area contributed by atoms with Crippen LogP contribution in [0.2, 0.25) is 5.02 Å². The third-order valence-electron chi connectivity index (χ3n) is 4.17. The lowest BCUT2D eigenvalue weighted by Gasteiger charge is -2.19. The number of carbonyl (C=O) groups excluding carboxylic acids is 3. The van der Waals surface area contributed by atoms with Gasteiger partial charge < -0.3 is 14.8 Å². The molecule has 3 rings (SSSR count). The third kappa shape index (κ3) is 4.61. The van der Waals surface area contributed by atoms with Crippen LogP contribution in [0.25, 0.3) is 0 Å². The monoisotopic (exact) mass is 402 g/mol. The van der Waals surface area contributed by atoms with Crippen molar-refractivity contribution < 1.29 is 23.9 Å². The highest BCUT2D eigenvalue weighted by Crippen LogP contribution is 2.22. The maximum Gasteiger partial charge on any atom is 0.342 e. The number of halogens is 1. The summed E-state index contributed by atoms with van der Waals surface area (Å²) in [7, 11) is 0. The molecule has 0 radical (unpaired) electrons. The lowest BCUT2D eigenvalue weighted by molar-refractivity contribution is -0.136. The standard InChI is InChI=1S/C20H19ClN2O5/c1-13(18(24)23-11-10-22-20(23)26)28-19(25)16-4-2-3-5-17(16)27-12-14-6-8-15(21)9-7-14/h2-9,13H,10-12H2,1H3,(H,22,26)/t13-/m0/s1. The molecule has 0 saturated carbocycles. The number of hydrogen-bond acceptors (Lipinski definition) is 5. The summed E-state index contributed by atoms with van der Waals surface area (Å²) in [5.74, 6) is -0.934. The van der Waals surface area contributed by atoms with E-state index < -0.39 is 24.0 Å². The van der Waals surface area contributed by atoms with Crippen LogP contribution in [0.5, 0.6) is 5.75 Å². The Morgan fingerprint density at radius 1 is 1.18 bits per heavy atom. The first-order valence-electron chi connectivity index (χ1n) is 8.72. The smallest absolute Gasteiger partial charge is 0.342 e. The first kappa shape index (κ1) is 19.7. The molecule has 1 fully saturated rings. The van der Waals surface area contributed by atoms with Gasteiger partial charge in [0.05, 0.1) is 0 Å². The van der Waals surface area contributed by atoms with Gasteiger partial charge in [-0.2, -0.15) is 0 Å². The van der Waals surface area contributed by atoms with E-state index in [-0.39, 0.29) is 18.7 Å². The van der Waals surface area contributed by atoms with Crippen LogP contribution < -0.4 is 10.1 Å². The lowest BCUT2D eigenvalue weighted by atomic mass is 10.2. The summed E-state index contributed by atoms with van der Waals surface area (Å²) < 4.78 is 11.0. The number of nitrogens with zero attached hydrogens (tertiary/aromatic N) is 1. The topological polar surface area (TPSA) is 84.9 Å². The number of hydrogen-bond donors (Lipinski definition) is 1.